The number of carbonyl (C=O) groups excluding carboxylic acids is 2. The molecule has 0 saturated heterocycles. The molecule has 3 aromatic rings. The van der Waals surface area contributed by atoms with Crippen LogP contribution < -0.4 is 14.4 Å². The van der Waals surface area contributed by atoms with Gasteiger partial charge in [-0.1, -0.05) is 67.9 Å². The summed E-state index contributed by atoms with van der Waals surface area (Å²) >= 11 is 0. The number of nitrogens with one attached hydrogen (secondary N) is 1. The van der Waals surface area contributed by atoms with E-state index in [1.165, 1.54) is 24.1 Å². The molecular weight excluding hydrogens is 526 g/mol. The second-order valence-corrected chi connectivity index (χ2v) is 11.4. The molecule has 3 aromatic carbocycles. The fourth-order valence-electron chi connectivity index (χ4n) is 4.39. The van der Waals surface area contributed by atoms with E-state index in [-0.39, 0.29) is 17.3 Å². The summed E-state index contributed by atoms with van der Waals surface area (Å²) in [6.45, 7) is 5.96. The first-order valence-corrected chi connectivity index (χ1v) is 15.0. The molecule has 40 heavy (non-hydrogen) atoms. The van der Waals surface area contributed by atoms with Gasteiger partial charge in [0.2, 0.25) is 11.8 Å². The SMILES string of the molecule is CCCNC(=O)[C@H](CC)N(CCc1ccccc1)C(=O)CN(c1cccc(OC)c1)S(=O)(=O)c1ccc(C)cc1. The van der Waals surface area contributed by atoms with Crippen LogP contribution in [0.1, 0.15) is 37.8 Å². The van der Waals surface area contributed by atoms with E-state index in [9.17, 15) is 18.0 Å². The highest BCUT2D eigenvalue weighted by atomic mass is 32.2. The Labute approximate surface area is 238 Å². The summed E-state index contributed by atoms with van der Waals surface area (Å²) in [5.41, 5.74) is 2.22. The molecule has 9 heteroatoms. The van der Waals surface area contributed by atoms with Crippen molar-refractivity contribution in [2.75, 3.05) is 31.0 Å². The lowest BCUT2D eigenvalue weighted by atomic mass is 10.1. The van der Waals surface area contributed by atoms with Crippen molar-refractivity contribution in [3.63, 3.8) is 0 Å². The summed E-state index contributed by atoms with van der Waals surface area (Å²) in [6, 6.07) is 22.0. The number of hydrogen-bond acceptors (Lipinski definition) is 5. The van der Waals surface area contributed by atoms with Gasteiger partial charge < -0.3 is 15.0 Å². The summed E-state index contributed by atoms with van der Waals surface area (Å²) < 4.78 is 34.3. The fraction of sp³-hybridized carbons (Fsp3) is 0.355. The van der Waals surface area contributed by atoms with Gasteiger partial charge in [-0.05, 0) is 56.0 Å². The Morgan fingerprint density at radius 2 is 1.65 bits per heavy atom. The average Bonchev–Trinajstić information content (AvgIpc) is 2.97. The molecule has 0 bridgehead atoms. The Morgan fingerprint density at radius 1 is 0.950 bits per heavy atom. The van der Waals surface area contributed by atoms with Gasteiger partial charge >= 0.3 is 0 Å². The number of rotatable bonds is 14. The summed E-state index contributed by atoms with van der Waals surface area (Å²) in [5.74, 6) is -0.256. The minimum absolute atomic E-state index is 0.0669. The van der Waals surface area contributed by atoms with Crippen molar-refractivity contribution in [2.24, 2.45) is 0 Å². The van der Waals surface area contributed by atoms with Crippen molar-refractivity contribution in [3.05, 3.63) is 90.0 Å². The van der Waals surface area contributed by atoms with Gasteiger partial charge in [-0.25, -0.2) is 8.42 Å². The zero-order valence-electron chi connectivity index (χ0n) is 23.7. The van der Waals surface area contributed by atoms with Gasteiger partial charge in [-0.15, -0.1) is 0 Å². The number of aryl methyl sites for hydroxylation is 1. The molecule has 0 fully saturated rings. The lowest BCUT2D eigenvalue weighted by Crippen LogP contribution is -2.53. The Kier molecular flexibility index (Phi) is 11.1. The molecule has 0 saturated carbocycles. The number of carbonyl (C=O) groups is 2. The quantitative estimate of drug-likeness (QED) is 0.309. The maximum Gasteiger partial charge on any atom is 0.264 e. The highest BCUT2D eigenvalue weighted by Crippen LogP contribution is 2.27. The van der Waals surface area contributed by atoms with Gasteiger partial charge in [-0.3, -0.25) is 13.9 Å². The second kappa shape index (κ2) is 14.5. The number of amides is 2. The Morgan fingerprint density at radius 3 is 2.27 bits per heavy atom. The first-order chi connectivity index (χ1) is 19.2. The van der Waals surface area contributed by atoms with Crippen molar-refractivity contribution in [2.45, 2.75) is 51.0 Å². The van der Waals surface area contributed by atoms with Gasteiger partial charge in [0.05, 0.1) is 17.7 Å². The number of nitrogens with zero attached hydrogens (tertiary/aromatic N) is 2. The molecule has 0 aliphatic heterocycles. The molecule has 0 radical (unpaired) electrons. The van der Waals surface area contributed by atoms with E-state index in [1.54, 1.807) is 36.4 Å². The number of benzene rings is 3. The number of methoxy groups -OCH3 is 1. The highest BCUT2D eigenvalue weighted by Gasteiger charge is 2.33. The molecule has 0 aliphatic carbocycles. The number of hydrogen-bond donors (Lipinski definition) is 1. The maximum atomic E-state index is 14.0. The van der Waals surface area contributed by atoms with Crippen molar-refractivity contribution in [1.82, 2.24) is 10.2 Å². The van der Waals surface area contributed by atoms with Crippen molar-refractivity contribution in [1.29, 1.82) is 0 Å². The highest BCUT2D eigenvalue weighted by molar-refractivity contribution is 7.92. The number of anilines is 1. The van der Waals surface area contributed by atoms with E-state index < -0.39 is 28.5 Å². The zero-order valence-corrected chi connectivity index (χ0v) is 24.5. The predicted molar refractivity (Wildman–Crippen MR) is 158 cm³/mol. The molecule has 214 valence electrons. The maximum absolute atomic E-state index is 14.0. The second-order valence-electron chi connectivity index (χ2n) is 9.56. The van der Waals surface area contributed by atoms with Gasteiger partial charge in [0, 0.05) is 19.2 Å². The topological polar surface area (TPSA) is 96.0 Å². The van der Waals surface area contributed by atoms with Crippen molar-refractivity contribution in [3.8, 4) is 5.75 Å². The van der Waals surface area contributed by atoms with Crippen LogP contribution in [0.4, 0.5) is 5.69 Å². The molecular formula is C31H39N3O5S. The van der Waals surface area contributed by atoms with Gasteiger partial charge in [0.1, 0.15) is 18.3 Å². The van der Waals surface area contributed by atoms with Gasteiger partial charge in [-0.2, -0.15) is 0 Å². The predicted octanol–water partition coefficient (Wildman–Crippen LogP) is 4.58. The molecule has 0 unspecified atom stereocenters. The minimum Gasteiger partial charge on any atom is -0.497 e. The van der Waals surface area contributed by atoms with E-state index >= 15 is 0 Å². The van der Waals surface area contributed by atoms with Crippen LogP contribution in [-0.2, 0) is 26.0 Å². The van der Waals surface area contributed by atoms with Crippen molar-refractivity contribution < 1.29 is 22.7 Å². The largest absolute Gasteiger partial charge is 0.497 e. The van der Waals surface area contributed by atoms with Crippen LogP contribution in [0, 0.1) is 6.92 Å². The standard InChI is InChI=1S/C31H39N3O5S/c1-5-20-32-31(36)29(6-2)33(21-19-25-11-8-7-9-12-25)30(35)23-34(26-13-10-14-27(22-26)39-4)40(37,38)28-17-15-24(3)16-18-28/h7-18,22,29H,5-6,19-21,23H2,1-4H3,(H,32,36)/t29-/m0/s1. The molecule has 0 aliphatic rings. The van der Waals surface area contributed by atoms with E-state index in [2.05, 4.69) is 5.32 Å². The molecule has 0 heterocycles. The fourth-order valence-corrected chi connectivity index (χ4v) is 5.80. The molecule has 1 N–H and O–H groups in total. The Hall–Kier alpha value is -3.85. The number of ether oxygens (including phenoxy) is 1. The van der Waals surface area contributed by atoms with Crippen LogP contribution in [0.25, 0.3) is 0 Å². The monoisotopic (exact) mass is 565 g/mol. The minimum atomic E-state index is -4.13. The summed E-state index contributed by atoms with van der Waals surface area (Å²) in [4.78, 5) is 28.7. The normalized spacial score (nSPS) is 11.9. The average molecular weight is 566 g/mol. The molecule has 2 amide bonds. The van der Waals surface area contributed by atoms with E-state index in [0.29, 0.717) is 30.8 Å². The van der Waals surface area contributed by atoms with Crippen LogP contribution in [0.15, 0.2) is 83.8 Å². The molecule has 1 atom stereocenters. The molecule has 3 rings (SSSR count). The van der Waals surface area contributed by atoms with E-state index in [1.807, 2.05) is 51.1 Å². The van der Waals surface area contributed by atoms with Crippen LogP contribution in [0.2, 0.25) is 0 Å². The third kappa shape index (κ3) is 7.85. The summed E-state index contributed by atoms with van der Waals surface area (Å²) in [5, 5.41) is 2.90. The molecule has 8 nitrogen and oxygen atoms in total. The summed E-state index contributed by atoms with van der Waals surface area (Å²) in [6.07, 6.45) is 1.67. The third-order valence-electron chi connectivity index (χ3n) is 6.65. The van der Waals surface area contributed by atoms with Gasteiger partial charge in [0.15, 0.2) is 0 Å². The zero-order chi connectivity index (χ0) is 29.1. The summed E-state index contributed by atoms with van der Waals surface area (Å²) in [7, 11) is -2.63. The van der Waals surface area contributed by atoms with Crippen LogP contribution in [-0.4, -0.2) is 57.9 Å². The molecule has 0 spiro atoms. The first-order valence-electron chi connectivity index (χ1n) is 13.6. The van der Waals surface area contributed by atoms with Crippen LogP contribution in [0.5, 0.6) is 5.75 Å². The lowest BCUT2D eigenvalue weighted by Gasteiger charge is -2.33. The Bertz CT molecular complexity index is 1360. The Balaban J connectivity index is 2.01. The molecule has 0 aromatic heterocycles. The van der Waals surface area contributed by atoms with E-state index in [4.69, 9.17) is 4.74 Å². The van der Waals surface area contributed by atoms with Crippen molar-refractivity contribution >= 4 is 27.5 Å². The smallest absolute Gasteiger partial charge is 0.264 e. The first kappa shape index (κ1) is 30.7. The van der Waals surface area contributed by atoms with Crippen LogP contribution >= 0.6 is 0 Å². The van der Waals surface area contributed by atoms with Gasteiger partial charge in [0.25, 0.3) is 10.0 Å². The van der Waals surface area contributed by atoms with Crippen LogP contribution in [0.3, 0.4) is 0 Å². The van der Waals surface area contributed by atoms with E-state index in [0.717, 1.165) is 21.9 Å². The lowest BCUT2D eigenvalue weighted by molar-refractivity contribution is -0.139. The third-order valence-corrected chi connectivity index (χ3v) is 8.44. The number of sulfonamides is 1.